The van der Waals surface area contributed by atoms with E-state index in [1.165, 1.54) is 12.4 Å². The van der Waals surface area contributed by atoms with Crippen LogP contribution in [0.25, 0.3) is 0 Å². The van der Waals surface area contributed by atoms with E-state index in [1.807, 2.05) is 6.92 Å². The maximum atomic E-state index is 13.5. The molecule has 1 heterocycles. The number of nitrogens with zero attached hydrogens (tertiary/aromatic N) is 2. The first kappa shape index (κ1) is 14.0. The van der Waals surface area contributed by atoms with E-state index < -0.39 is 0 Å². The first-order valence-electron chi connectivity index (χ1n) is 6.29. The number of ether oxygens (including phenoxy) is 2. The number of benzene rings is 1. The van der Waals surface area contributed by atoms with Crippen molar-refractivity contribution in [3.05, 3.63) is 35.9 Å². The highest BCUT2D eigenvalue weighted by molar-refractivity contribution is 5.56. The van der Waals surface area contributed by atoms with Crippen LogP contribution in [0.3, 0.4) is 0 Å². The summed E-state index contributed by atoms with van der Waals surface area (Å²) in [7, 11) is 0. The molecule has 0 spiro atoms. The predicted molar refractivity (Wildman–Crippen MR) is 73.4 cm³/mol. The number of rotatable bonds is 5. The van der Waals surface area contributed by atoms with Crippen molar-refractivity contribution in [1.29, 1.82) is 0 Å². The predicted octanol–water partition coefficient (Wildman–Crippen LogP) is 3.09. The van der Waals surface area contributed by atoms with Gasteiger partial charge in [-0.2, -0.15) is 9.97 Å². The van der Waals surface area contributed by atoms with Crippen molar-refractivity contribution in [2.75, 3.05) is 12.3 Å². The van der Waals surface area contributed by atoms with Crippen LogP contribution >= 0.6 is 0 Å². The maximum Gasteiger partial charge on any atom is 0.249 e. The molecule has 1 aromatic heterocycles. The number of halogens is 1. The van der Waals surface area contributed by atoms with Crippen LogP contribution in [-0.2, 0) is 0 Å². The van der Waals surface area contributed by atoms with Gasteiger partial charge < -0.3 is 15.2 Å². The molecule has 2 aromatic rings. The van der Waals surface area contributed by atoms with E-state index in [1.54, 1.807) is 19.1 Å². The third-order valence-electron chi connectivity index (χ3n) is 2.61. The van der Waals surface area contributed by atoms with E-state index >= 15 is 0 Å². The lowest BCUT2D eigenvalue weighted by molar-refractivity contribution is 0.304. The Hall–Kier alpha value is -2.37. The smallest absolute Gasteiger partial charge is 0.249 e. The van der Waals surface area contributed by atoms with Crippen LogP contribution in [0.15, 0.2) is 24.5 Å². The summed E-state index contributed by atoms with van der Waals surface area (Å²) in [4.78, 5) is 7.87. The average Bonchev–Trinajstić information content (AvgIpc) is 2.44. The molecule has 0 radical (unpaired) electrons. The van der Waals surface area contributed by atoms with Gasteiger partial charge >= 0.3 is 0 Å². The molecule has 0 fully saturated rings. The van der Waals surface area contributed by atoms with Crippen LogP contribution in [0.1, 0.15) is 18.9 Å². The quantitative estimate of drug-likeness (QED) is 0.909. The first-order valence-corrected chi connectivity index (χ1v) is 6.29. The van der Waals surface area contributed by atoms with Crippen LogP contribution < -0.4 is 15.2 Å². The third-order valence-corrected chi connectivity index (χ3v) is 2.61. The molecule has 0 unspecified atom stereocenters. The summed E-state index contributed by atoms with van der Waals surface area (Å²) < 4.78 is 24.3. The SMILES string of the molecule is CCCOc1ncnc(Oc2ccc(C)c(F)c2)c1N. The van der Waals surface area contributed by atoms with Crippen LogP contribution in [0, 0.1) is 12.7 Å². The zero-order valence-corrected chi connectivity index (χ0v) is 11.4. The fourth-order valence-electron chi connectivity index (χ4n) is 1.51. The monoisotopic (exact) mass is 277 g/mol. The Balaban J connectivity index is 2.22. The Morgan fingerprint density at radius 1 is 1.25 bits per heavy atom. The second-order valence-electron chi connectivity index (χ2n) is 4.26. The van der Waals surface area contributed by atoms with E-state index in [-0.39, 0.29) is 23.3 Å². The maximum absolute atomic E-state index is 13.5. The molecule has 20 heavy (non-hydrogen) atoms. The average molecular weight is 277 g/mol. The van der Waals surface area contributed by atoms with Gasteiger partial charge in [-0.1, -0.05) is 13.0 Å². The highest BCUT2D eigenvalue weighted by atomic mass is 19.1. The normalized spacial score (nSPS) is 10.3. The van der Waals surface area contributed by atoms with Gasteiger partial charge in [0.1, 0.15) is 17.9 Å². The molecule has 0 saturated heterocycles. The van der Waals surface area contributed by atoms with Crippen LogP contribution in [-0.4, -0.2) is 16.6 Å². The van der Waals surface area contributed by atoms with Crippen LogP contribution in [0.2, 0.25) is 0 Å². The van der Waals surface area contributed by atoms with E-state index in [2.05, 4.69) is 9.97 Å². The van der Waals surface area contributed by atoms with E-state index in [0.29, 0.717) is 17.9 Å². The number of nitrogen functional groups attached to an aromatic ring is 1. The Morgan fingerprint density at radius 3 is 2.70 bits per heavy atom. The largest absolute Gasteiger partial charge is 0.476 e. The van der Waals surface area contributed by atoms with Gasteiger partial charge in [-0.05, 0) is 25.0 Å². The number of aryl methyl sites for hydroxylation is 1. The molecule has 0 aliphatic carbocycles. The highest BCUT2D eigenvalue weighted by Gasteiger charge is 2.12. The lowest BCUT2D eigenvalue weighted by atomic mass is 10.2. The molecular formula is C14H16FN3O2. The summed E-state index contributed by atoms with van der Waals surface area (Å²) in [6.45, 7) is 4.15. The molecule has 0 saturated carbocycles. The summed E-state index contributed by atoms with van der Waals surface area (Å²) >= 11 is 0. The van der Waals surface area contributed by atoms with Crippen LogP contribution in [0.5, 0.6) is 17.5 Å². The fraction of sp³-hybridized carbons (Fsp3) is 0.286. The number of nitrogens with two attached hydrogens (primary N) is 1. The first-order chi connectivity index (χ1) is 9.61. The molecule has 6 heteroatoms. The number of hydrogen-bond acceptors (Lipinski definition) is 5. The minimum absolute atomic E-state index is 0.148. The summed E-state index contributed by atoms with van der Waals surface area (Å²) in [5, 5.41) is 0. The highest BCUT2D eigenvalue weighted by Crippen LogP contribution is 2.31. The summed E-state index contributed by atoms with van der Waals surface area (Å²) in [5.74, 6) is 0.385. The van der Waals surface area contributed by atoms with Gasteiger partial charge in [0.05, 0.1) is 6.61 Å². The van der Waals surface area contributed by atoms with Crippen molar-refractivity contribution in [2.24, 2.45) is 0 Å². The lowest BCUT2D eigenvalue weighted by Gasteiger charge is -2.11. The van der Waals surface area contributed by atoms with Crippen LogP contribution in [0.4, 0.5) is 10.1 Å². The molecule has 0 amide bonds. The molecule has 0 atom stereocenters. The Bertz CT molecular complexity index is 605. The fourth-order valence-corrected chi connectivity index (χ4v) is 1.51. The van der Waals surface area contributed by atoms with E-state index in [4.69, 9.17) is 15.2 Å². The summed E-state index contributed by atoms with van der Waals surface area (Å²) in [6, 6.07) is 4.55. The van der Waals surface area contributed by atoms with E-state index in [9.17, 15) is 4.39 Å². The van der Waals surface area contributed by atoms with E-state index in [0.717, 1.165) is 6.42 Å². The summed E-state index contributed by atoms with van der Waals surface area (Å²) in [5.41, 5.74) is 6.61. The molecular weight excluding hydrogens is 261 g/mol. The van der Waals surface area contributed by atoms with Crippen molar-refractivity contribution < 1.29 is 13.9 Å². The molecule has 106 valence electrons. The number of anilines is 1. The third kappa shape index (κ3) is 3.14. The Kier molecular flexibility index (Phi) is 4.34. The van der Waals surface area contributed by atoms with Crippen molar-refractivity contribution >= 4 is 5.69 Å². The standard InChI is InChI=1S/C14H16FN3O2/c1-3-6-19-13-12(16)14(18-8-17-13)20-10-5-4-9(2)11(15)7-10/h4-5,7-8H,3,6,16H2,1-2H3. The Labute approximate surface area is 116 Å². The zero-order valence-electron chi connectivity index (χ0n) is 11.4. The van der Waals surface area contributed by atoms with Gasteiger partial charge in [0.15, 0.2) is 5.69 Å². The van der Waals surface area contributed by atoms with Gasteiger partial charge in [-0.15, -0.1) is 0 Å². The minimum Gasteiger partial charge on any atom is -0.476 e. The molecule has 0 bridgehead atoms. The van der Waals surface area contributed by atoms with Crippen molar-refractivity contribution in [1.82, 2.24) is 9.97 Å². The van der Waals surface area contributed by atoms with Gasteiger partial charge in [0, 0.05) is 6.07 Å². The molecule has 2 rings (SSSR count). The van der Waals surface area contributed by atoms with Gasteiger partial charge in [-0.3, -0.25) is 0 Å². The second kappa shape index (κ2) is 6.18. The topological polar surface area (TPSA) is 70.3 Å². The lowest BCUT2D eigenvalue weighted by Crippen LogP contribution is -2.04. The van der Waals surface area contributed by atoms with Gasteiger partial charge in [0.2, 0.25) is 11.8 Å². The molecule has 0 aliphatic heterocycles. The Morgan fingerprint density at radius 2 is 2.00 bits per heavy atom. The van der Waals surface area contributed by atoms with Crippen molar-refractivity contribution in [2.45, 2.75) is 20.3 Å². The zero-order chi connectivity index (χ0) is 14.5. The van der Waals surface area contributed by atoms with Crippen molar-refractivity contribution in [3.63, 3.8) is 0 Å². The minimum atomic E-state index is -0.349. The second-order valence-corrected chi connectivity index (χ2v) is 4.26. The summed E-state index contributed by atoms with van der Waals surface area (Å²) in [6.07, 6.45) is 2.13. The molecule has 1 aromatic carbocycles. The molecule has 5 nitrogen and oxygen atoms in total. The molecule has 0 aliphatic rings. The van der Waals surface area contributed by atoms with Crippen molar-refractivity contribution in [3.8, 4) is 17.5 Å². The number of aromatic nitrogens is 2. The number of hydrogen-bond donors (Lipinski definition) is 1. The van der Waals surface area contributed by atoms with Gasteiger partial charge in [0.25, 0.3) is 0 Å². The van der Waals surface area contributed by atoms with Gasteiger partial charge in [-0.25, -0.2) is 4.39 Å². The molecule has 2 N–H and O–H groups in total.